The van der Waals surface area contributed by atoms with Crippen molar-refractivity contribution in [1.29, 1.82) is 0 Å². The van der Waals surface area contributed by atoms with Crippen LogP contribution in [0.15, 0.2) is 60.7 Å². The summed E-state index contributed by atoms with van der Waals surface area (Å²) in [5.74, 6) is 0. The summed E-state index contributed by atoms with van der Waals surface area (Å²) in [5.41, 5.74) is 1.87. The second-order valence-electron chi connectivity index (χ2n) is 7.35. The summed E-state index contributed by atoms with van der Waals surface area (Å²) in [6.45, 7) is 0.505. The first kappa shape index (κ1) is 18.9. The van der Waals surface area contributed by atoms with Crippen LogP contribution in [0.5, 0.6) is 0 Å². The van der Waals surface area contributed by atoms with Crippen LogP contribution in [0.4, 0.5) is 9.59 Å². The topological polar surface area (TPSA) is 89.5 Å². The SMILES string of the molecule is O=C1O[C@@H]2C(OCc3ccccc3)[C@@H]3OC(=O)O[C@H]3C(OCc3ccccc3)[C@@H]2O1. The van der Waals surface area contributed by atoms with Gasteiger partial charge in [-0.25, -0.2) is 9.59 Å². The maximum atomic E-state index is 11.9. The van der Waals surface area contributed by atoms with Gasteiger partial charge in [-0.3, -0.25) is 0 Å². The summed E-state index contributed by atoms with van der Waals surface area (Å²) < 4.78 is 33.6. The Balaban J connectivity index is 1.37. The fraction of sp³-hybridized carbons (Fsp3) is 0.364. The molecule has 8 nitrogen and oxygen atoms in total. The van der Waals surface area contributed by atoms with Crippen LogP contribution in [0, 0.1) is 0 Å². The number of fused-ring (bicyclic) bond motifs is 2. The van der Waals surface area contributed by atoms with Crippen LogP contribution in [0.1, 0.15) is 11.1 Å². The van der Waals surface area contributed by atoms with Crippen molar-refractivity contribution < 1.29 is 38.0 Å². The van der Waals surface area contributed by atoms with Gasteiger partial charge in [0.1, 0.15) is 12.2 Å². The Kier molecular flexibility index (Phi) is 5.02. The van der Waals surface area contributed by atoms with Gasteiger partial charge in [0.15, 0.2) is 24.4 Å². The molecule has 0 aromatic heterocycles. The molecule has 5 rings (SSSR count). The molecule has 2 heterocycles. The molecule has 8 heteroatoms. The summed E-state index contributed by atoms with van der Waals surface area (Å²) in [7, 11) is 0. The van der Waals surface area contributed by atoms with Crippen LogP contribution >= 0.6 is 0 Å². The Morgan fingerprint density at radius 2 is 0.900 bits per heavy atom. The van der Waals surface area contributed by atoms with Crippen LogP contribution in [-0.4, -0.2) is 48.9 Å². The highest BCUT2D eigenvalue weighted by Gasteiger charge is 2.64. The van der Waals surface area contributed by atoms with Crippen molar-refractivity contribution in [2.75, 3.05) is 0 Å². The number of benzene rings is 2. The summed E-state index contributed by atoms with van der Waals surface area (Å²) >= 11 is 0. The minimum absolute atomic E-state index is 0.253. The number of hydrogen-bond acceptors (Lipinski definition) is 8. The molecule has 0 amide bonds. The summed E-state index contributed by atoms with van der Waals surface area (Å²) in [6.07, 6.45) is -6.22. The van der Waals surface area contributed by atoms with Crippen molar-refractivity contribution in [3.63, 3.8) is 0 Å². The molecule has 0 N–H and O–H groups in total. The Bertz CT molecular complexity index is 798. The summed E-state index contributed by atoms with van der Waals surface area (Å²) in [5, 5.41) is 0. The Hall–Kier alpha value is -3.10. The maximum absolute atomic E-state index is 11.9. The Morgan fingerprint density at radius 3 is 1.23 bits per heavy atom. The van der Waals surface area contributed by atoms with Gasteiger partial charge in [0, 0.05) is 0 Å². The van der Waals surface area contributed by atoms with Gasteiger partial charge < -0.3 is 28.4 Å². The molecule has 156 valence electrons. The minimum Gasteiger partial charge on any atom is -0.424 e. The molecule has 3 fully saturated rings. The maximum Gasteiger partial charge on any atom is 0.509 e. The fourth-order valence-corrected chi connectivity index (χ4v) is 4.07. The second-order valence-corrected chi connectivity index (χ2v) is 7.35. The molecule has 2 saturated heterocycles. The van der Waals surface area contributed by atoms with Gasteiger partial charge in [0.2, 0.25) is 0 Å². The Labute approximate surface area is 172 Å². The van der Waals surface area contributed by atoms with E-state index in [0.29, 0.717) is 0 Å². The van der Waals surface area contributed by atoms with E-state index in [0.717, 1.165) is 11.1 Å². The molecule has 0 spiro atoms. The van der Waals surface area contributed by atoms with Gasteiger partial charge in [-0.05, 0) is 11.1 Å². The summed E-state index contributed by atoms with van der Waals surface area (Å²) in [6, 6.07) is 19.1. The second kappa shape index (κ2) is 7.97. The lowest BCUT2D eigenvalue weighted by atomic mass is 9.84. The molecule has 2 aromatic carbocycles. The molecular weight excluding hydrogens is 392 g/mol. The van der Waals surface area contributed by atoms with E-state index in [-0.39, 0.29) is 13.2 Å². The van der Waals surface area contributed by atoms with Gasteiger partial charge in [-0.2, -0.15) is 0 Å². The molecule has 2 unspecified atom stereocenters. The van der Waals surface area contributed by atoms with E-state index in [9.17, 15) is 9.59 Å². The zero-order chi connectivity index (χ0) is 20.5. The average Bonchev–Trinajstić information content (AvgIpc) is 3.34. The molecule has 6 atom stereocenters. The van der Waals surface area contributed by atoms with E-state index in [1.165, 1.54) is 0 Å². The standard InChI is InChI=1S/C22H20O8/c23-21-27-17-15(25-11-13-7-3-1-4-8-13)18-20(30-22(24)28-18)16(19(17)29-21)26-12-14-9-5-2-6-10-14/h1-10,15-20H,11-12H2/t15?,16?,17-,18-,19-,20+/m0/s1. The molecule has 1 saturated carbocycles. The average molecular weight is 412 g/mol. The molecule has 2 aliphatic heterocycles. The lowest BCUT2D eigenvalue weighted by Gasteiger charge is -2.40. The highest BCUT2D eigenvalue weighted by molar-refractivity contribution is 5.65. The van der Waals surface area contributed by atoms with E-state index in [1.807, 2.05) is 60.7 Å². The molecular formula is C22H20O8. The zero-order valence-electron chi connectivity index (χ0n) is 15.9. The lowest BCUT2D eigenvalue weighted by molar-refractivity contribution is -0.191. The van der Waals surface area contributed by atoms with Gasteiger partial charge in [0.05, 0.1) is 13.2 Å². The number of carbonyl (C=O) groups is 2. The number of carbonyl (C=O) groups excluding carboxylic acids is 2. The summed E-state index contributed by atoms with van der Waals surface area (Å²) in [4.78, 5) is 23.9. The van der Waals surface area contributed by atoms with Gasteiger partial charge in [-0.1, -0.05) is 60.7 Å². The third-order valence-electron chi connectivity index (χ3n) is 5.44. The molecule has 3 aliphatic rings. The van der Waals surface area contributed by atoms with Crippen LogP contribution < -0.4 is 0 Å². The largest absolute Gasteiger partial charge is 0.509 e. The number of hydrogen-bond donors (Lipinski definition) is 0. The van der Waals surface area contributed by atoms with Crippen LogP contribution in [0.2, 0.25) is 0 Å². The van der Waals surface area contributed by atoms with Crippen LogP contribution in [0.3, 0.4) is 0 Å². The predicted octanol–water partition coefficient (Wildman–Crippen LogP) is 2.98. The van der Waals surface area contributed by atoms with Gasteiger partial charge in [-0.15, -0.1) is 0 Å². The lowest BCUT2D eigenvalue weighted by Crippen LogP contribution is -2.62. The number of ether oxygens (including phenoxy) is 6. The van der Waals surface area contributed by atoms with Crippen molar-refractivity contribution in [3.8, 4) is 0 Å². The van der Waals surface area contributed by atoms with E-state index >= 15 is 0 Å². The first-order valence-electron chi connectivity index (χ1n) is 9.74. The van der Waals surface area contributed by atoms with E-state index < -0.39 is 48.9 Å². The van der Waals surface area contributed by atoms with Crippen LogP contribution in [-0.2, 0) is 41.6 Å². The minimum atomic E-state index is -0.807. The highest BCUT2D eigenvalue weighted by Crippen LogP contribution is 2.40. The van der Waals surface area contributed by atoms with E-state index in [1.54, 1.807) is 0 Å². The molecule has 0 radical (unpaired) electrons. The first-order valence-corrected chi connectivity index (χ1v) is 9.74. The van der Waals surface area contributed by atoms with E-state index in [2.05, 4.69) is 0 Å². The van der Waals surface area contributed by atoms with Crippen LogP contribution in [0.25, 0.3) is 0 Å². The Morgan fingerprint density at radius 1 is 0.567 bits per heavy atom. The van der Waals surface area contributed by atoms with Crippen molar-refractivity contribution in [2.45, 2.75) is 49.8 Å². The van der Waals surface area contributed by atoms with Crippen molar-refractivity contribution in [1.82, 2.24) is 0 Å². The molecule has 2 aromatic rings. The van der Waals surface area contributed by atoms with Crippen molar-refractivity contribution in [2.24, 2.45) is 0 Å². The monoisotopic (exact) mass is 412 g/mol. The van der Waals surface area contributed by atoms with Crippen molar-refractivity contribution in [3.05, 3.63) is 71.8 Å². The third-order valence-corrected chi connectivity index (χ3v) is 5.44. The smallest absolute Gasteiger partial charge is 0.424 e. The van der Waals surface area contributed by atoms with E-state index in [4.69, 9.17) is 28.4 Å². The van der Waals surface area contributed by atoms with Gasteiger partial charge in [0.25, 0.3) is 0 Å². The number of rotatable bonds is 6. The zero-order valence-corrected chi connectivity index (χ0v) is 15.9. The third kappa shape index (κ3) is 3.59. The first-order chi connectivity index (χ1) is 14.7. The van der Waals surface area contributed by atoms with Gasteiger partial charge >= 0.3 is 12.3 Å². The fourth-order valence-electron chi connectivity index (χ4n) is 4.07. The molecule has 30 heavy (non-hydrogen) atoms. The predicted molar refractivity (Wildman–Crippen MR) is 100 cm³/mol. The van der Waals surface area contributed by atoms with Crippen molar-refractivity contribution >= 4 is 12.3 Å². The highest BCUT2D eigenvalue weighted by atomic mass is 16.8. The molecule has 1 aliphatic carbocycles. The molecule has 0 bridgehead atoms. The quantitative estimate of drug-likeness (QED) is 0.669. The normalized spacial score (nSPS) is 31.7.